The highest BCUT2D eigenvalue weighted by molar-refractivity contribution is 5.78. The van der Waals surface area contributed by atoms with E-state index in [9.17, 15) is 4.79 Å². The average molecular weight is 205 g/mol. The minimum absolute atomic E-state index is 0.128. The Morgan fingerprint density at radius 1 is 1.67 bits per heavy atom. The van der Waals surface area contributed by atoms with Gasteiger partial charge in [0.15, 0.2) is 0 Å². The third-order valence-corrected chi connectivity index (χ3v) is 2.77. The molecule has 0 fully saturated rings. The molecule has 1 aromatic heterocycles. The van der Waals surface area contributed by atoms with E-state index >= 15 is 0 Å². The highest BCUT2D eigenvalue weighted by atomic mass is 16.5. The molecule has 1 aliphatic rings. The van der Waals surface area contributed by atoms with E-state index < -0.39 is 0 Å². The zero-order valence-electron chi connectivity index (χ0n) is 8.90. The Bertz CT molecular complexity index is 362. The molecule has 0 amide bonds. The summed E-state index contributed by atoms with van der Waals surface area (Å²) in [5, 5.41) is 0. The van der Waals surface area contributed by atoms with Gasteiger partial charge in [0, 0.05) is 6.20 Å². The van der Waals surface area contributed by atoms with Gasteiger partial charge in [-0.15, -0.1) is 0 Å². The van der Waals surface area contributed by atoms with Crippen LogP contribution in [-0.2, 0) is 16.0 Å². The summed E-state index contributed by atoms with van der Waals surface area (Å²) in [6, 6.07) is 3.97. The van der Waals surface area contributed by atoms with Crippen molar-refractivity contribution in [3.8, 4) is 0 Å². The van der Waals surface area contributed by atoms with Crippen LogP contribution in [0.2, 0.25) is 0 Å². The molecule has 0 saturated heterocycles. The third kappa shape index (κ3) is 2.01. The third-order valence-electron chi connectivity index (χ3n) is 2.77. The zero-order valence-corrected chi connectivity index (χ0v) is 8.90. The fraction of sp³-hybridized carbons (Fsp3) is 0.500. The number of pyridine rings is 1. The van der Waals surface area contributed by atoms with E-state index in [-0.39, 0.29) is 11.9 Å². The molecule has 0 aliphatic heterocycles. The van der Waals surface area contributed by atoms with Gasteiger partial charge in [-0.2, -0.15) is 0 Å². The average Bonchev–Trinajstić information content (AvgIpc) is 2.28. The lowest BCUT2D eigenvalue weighted by molar-refractivity contribution is -0.145. The second-order valence-electron chi connectivity index (χ2n) is 3.74. The van der Waals surface area contributed by atoms with Crippen LogP contribution in [-0.4, -0.2) is 17.6 Å². The minimum atomic E-state index is -0.144. The van der Waals surface area contributed by atoms with E-state index in [1.54, 1.807) is 6.20 Å². The van der Waals surface area contributed by atoms with Crippen LogP contribution in [0.4, 0.5) is 0 Å². The van der Waals surface area contributed by atoms with Crippen molar-refractivity contribution in [3.63, 3.8) is 0 Å². The van der Waals surface area contributed by atoms with Gasteiger partial charge in [-0.25, -0.2) is 0 Å². The Labute approximate surface area is 89.5 Å². The van der Waals surface area contributed by atoms with Gasteiger partial charge in [-0.3, -0.25) is 9.78 Å². The molecule has 0 radical (unpaired) electrons. The van der Waals surface area contributed by atoms with Crippen molar-refractivity contribution < 1.29 is 9.53 Å². The highest BCUT2D eigenvalue weighted by Gasteiger charge is 2.28. The lowest BCUT2D eigenvalue weighted by Gasteiger charge is -2.22. The Balaban J connectivity index is 2.25. The van der Waals surface area contributed by atoms with Crippen LogP contribution in [0.25, 0.3) is 0 Å². The quantitative estimate of drug-likeness (QED) is 0.694. The number of fused-ring (bicyclic) bond motifs is 1. The van der Waals surface area contributed by atoms with E-state index in [1.165, 1.54) is 5.56 Å². The molecule has 0 saturated carbocycles. The number of rotatable bonds is 2. The van der Waals surface area contributed by atoms with Crippen LogP contribution in [0.3, 0.4) is 0 Å². The molecule has 0 spiro atoms. The molecule has 1 aromatic rings. The van der Waals surface area contributed by atoms with Crippen LogP contribution in [0.1, 0.15) is 36.9 Å². The first-order valence-corrected chi connectivity index (χ1v) is 5.43. The SMILES string of the molecule is CCOC(=O)[C@@H]1CCCc2cccnc21. The first kappa shape index (κ1) is 10.1. The molecule has 0 aromatic carbocycles. The van der Waals surface area contributed by atoms with Crippen molar-refractivity contribution in [1.82, 2.24) is 4.98 Å². The first-order valence-electron chi connectivity index (χ1n) is 5.43. The van der Waals surface area contributed by atoms with Gasteiger partial charge >= 0.3 is 5.97 Å². The Morgan fingerprint density at radius 3 is 3.33 bits per heavy atom. The molecule has 0 unspecified atom stereocenters. The predicted molar refractivity (Wildman–Crippen MR) is 56.5 cm³/mol. The zero-order chi connectivity index (χ0) is 10.7. The number of aryl methyl sites for hydroxylation is 1. The molecule has 80 valence electrons. The molecule has 2 rings (SSSR count). The Hall–Kier alpha value is -1.38. The lowest BCUT2D eigenvalue weighted by Crippen LogP contribution is -2.21. The maximum absolute atomic E-state index is 11.7. The fourth-order valence-corrected chi connectivity index (χ4v) is 2.08. The molecule has 0 N–H and O–H groups in total. The van der Waals surface area contributed by atoms with Gasteiger partial charge in [-0.1, -0.05) is 6.07 Å². The smallest absolute Gasteiger partial charge is 0.315 e. The summed E-state index contributed by atoms with van der Waals surface area (Å²) in [5.74, 6) is -0.271. The molecule has 3 nitrogen and oxygen atoms in total. The number of nitrogens with zero attached hydrogens (tertiary/aromatic N) is 1. The minimum Gasteiger partial charge on any atom is -0.465 e. The second kappa shape index (κ2) is 4.43. The summed E-state index contributed by atoms with van der Waals surface area (Å²) in [6.07, 6.45) is 4.68. The number of hydrogen-bond acceptors (Lipinski definition) is 3. The van der Waals surface area contributed by atoms with Crippen molar-refractivity contribution in [2.75, 3.05) is 6.61 Å². The van der Waals surface area contributed by atoms with Gasteiger partial charge in [0.1, 0.15) is 0 Å². The van der Waals surface area contributed by atoms with Crippen molar-refractivity contribution in [2.45, 2.75) is 32.1 Å². The lowest BCUT2D eigenvalue weighted by atomic mass is 9.87. The van der Waals surface area contributed by atoms with E-state index in [2.05, 4.69) is 4.98 Å². The van der Waals surface area contributed by atoms with Crippen LogP contribution in [0.15, 0.2) is 18.3 Å². The molecular weight excluding hydrogens is 190 g/mol. The van der Waals surface area contributed by atoms with Gasteiger partial charge in [0.05, 0.1) is 18.2 Å². The standard InChI is InChI=1S/C12H15NO2/c1-2-15-12(14)10-7-3-5-9-6-4-8-13-11(9)10/h4,6,8,10H,2-3,5,7H2,1H3/t10-/m1/s1. The molecule has 3 heteroatoms. The molecule has 1 heterocycles. The summed E-state index contributed by atoms with van der Waals surface area (Å²) in [4.78, 5) is 16.0. The Morgan fingerprint density at radius 2 is 2.53 bits per heavy atom. The van der Waals surface area contributed by atoms with Crippen LogP contribution in [0.5, 0.6) is 0 Å². The number of ether oxygens (including phenoxy) is 1. The maximum atomic E-state index is 11.7. The van der Waals surface area contributed by atoms with E-state index in [1.807, 2.05) is 19.1 Å². The number of aromatic nitrogens is 1. The van der Waals surface area contributed by atoms with Crippen LogP contribution in [0, 0.1) is 0 Å². The van der Waals surface area contributed by atoms with Crippen molar-refractivity contribution in [1.29, 1.82) is 0 Å². The number of carbonyl (C=O) groups is 1. The summed E-state index contributed by atoms with van der Waals surface area (Å²) < 4.78 is 5.06. The topological polar surface area (TPSA) is 39.2 Å². The summed E-state index contributed by atoms with van der Waals surface area (Å²) in [5.41, 5.74) is 2.11. The van der Waals surface area contributed by atoms with E-state index in [0.29, 0.717) is 6.61 Å². The van der Waals surface area contributed by atoms with Crippen molar-refractivity contribution in [3.05, 3.63) is 29.6 Å². The largest absolute Gasteiger partial charge is 0.465 e. The van der Waals surface area contributed by atoms with Gasteiger partial charge in [0.2, 0.25) is 0 Å². The van der Waals surface area contributed by atoms with Crippen molar-refractivity contribution in [2.24, 2.45) is 0 Å². The maximum Gasteiger partial charge on any atom is 0.315 e. The monoisotopic (exact) mass is 205 g/mol. The first-order chi connectivity index (χ1) is 7.33. The summed E-state index contributed by atoms with van der Waals surface area (Å²) in [6.45, 7) is 2.28. The normalized spacial score (nSPS) is 19.4. The summed E-state index contributed by atoms with van der Waals surface area (Å²) in [7, 11) is 0. The highest BCUT2D eigenvalue weighted by Crippen LogP contribution is 2.30. The molecule has 1 atom stereocenters. The Kier molecular flexibility index (Phi) is 2.99. The van der Waals surface area contributed by atoms with E-state index in [4.69, 9.17) is 4.74 Å². The molecular formula is C12H15NO2. The van der Waals surface area contributed by atoms with Gasteiger partial charge in [-0.05, 0) is 37.8 Å². The van der Waals surface area contributed by atoms with Crippen LogP contribution >= 0.6 is 0 Å². The van der Waals surface area contributed by atoms with Crippen molar-refractivity contribution >= 4 is 5.97 Å². The number of hydrogen-bond donors (Lipinski definition) is 0. The second-order valence-corrected chi connectivity index (χ2v) is 3.74. The van der Waals surface area contributed by atoms with E-state index in [0.717, 1.165) is 25.0 Å². The molecule has 0 bridgehead atoms. The summed E-state index contributed by atoms with van der Waals surface area (Å²) >= 11 is 0. The van der Waals surface area contributed by atoms with Gasteiger partial charge in [0.25, 0.3) is 0 Å². The molecule has 15 heavy (non-hydrogen) atoms. The molecule has 1 aliphatic carbocycles. The number of carbonyl (C=O) groups excluding carboxylic acids is 1. The van der Waals surface area contributed by atoms with Crippen LogP contribution < -0.4 is 0 Å². The number of esters is 1. The predicted octanol–water partition coefficient (Wildman–Crippen LogP) is 2.06. The van der Waals surface area contributed by atoms with Gasteiger partial charge < -0.3 is 4.74 Å². The fourth-order valence-electron chi connectivity index (χ4n) is 2.08.